The Morgan fingerprint density at radius 3 is 2.64 bits per heavy atom. The molecule has 10 atom stereocenters. The molecule has 9 rings (SSSR count). The average molecular weight is 812 g/mol. The van der Waals surface area contributed by atoms with Crippen molar-refractivity contribution < 1.29 is 43.6 Å². The van der Waals surface area contributed by atoms with Crippen LogP contribution in [0.1, 0.15) is 116 Å². The number of aliphatic hydroxyl groups is 3. The average Bonchev–Trinajstić information content (AvgIpc) is 3.83. The molecule has 10 nitrogen and oxygen atoms in total. The first-order valence-electron chi connectivity index (χ1n) is 22.9. The van der Waals surface area contributed by atoms with E-state index in [9.17, 15) is 20.1 Å². The molecule has 6 aliphatic rings. The van der Waals surface area contributed by atoms with Gasteiger partial charge in [-0.2, -0.15) is 4.57 Å². The lowest BCUT2D eigenvalue weighted by Gasteiger charge is -2.66. The maximum atomic E-state index is 13.0. The van der Waals surface area contributed by atoms with Gasteiger partial charge in [0, 0.05) is 31.4 Å². The van der Waals surface area contributed by atoms with Crippen LogP contribution in [0, 0.1) is 40.4 Å². The molecule has 0 bridgehead atoms. The first-order valence-corrected chi connectivity index (χ1v) is 22.9. The molecule has 1 amide bonds. The van der Waals surface area contributed by atoms with Crippen LogP contribution in [0.5, 0.6) is 23.0 Å². The zero-order chi connectivity index (χ0) is 41.1. The predicted octanol–water partition coefficient (Wildman–Crippen LogP) is 7.66. The maximum absolute atomic E-state index is 13.0. The Morgan fingerprint density at radius 2 is 1.81 bits per heavy atom. The quantitative estimate of drug-likeness (QED) is 0.102. The smallest absolute Gasteiger partial charge is 0.231 e. The van der Waals surface area contributed by atoms with Crippen molar-refractivity contribution in [3.63, 3.8) is 0 Å². The third-order valence-electron chi connectivity index (χ3n) is 16.8. The van der Waals surface area contributed by atoms with E-state index >= 15 is 0 Å². The minimum atomic E-state index is -0.878. The van der Waals surface area contributed by atoms with Crippen molar-refractivity contribution in [1.82, 2.24) is 5.32 Å². The fourth-order valence-electron chi connectivity index (χ4n) is 13.5. The van der Waals surface area contributed by atoms with Crippen molar-refractivity contribution in [2.45, 2.75) is 141 Å². The number of nitrogens with zero attached hydrogens (tertiary/aromatic N) is 1. The normalized spacial score (nSPS) is 33.3. The van der Waals surface area contributed by atoms with Gasteiger partial charge in [0.15, 0.2) is 35.7 Å². The molecule has 59 heavy (non-hydrogen) atoms. The van der Waals surface area contributed by atoms with Crippen molar-refractivity contribution in [3.8, 4) is 34.3 Å². The first kappa shape index (κ1) is 40.8. The van der Waals surface area contributed by atoms with Gasteiger partial charge in [0.05, 0.1) is 42.5 Å². The minimum absolute atomic E-state index is 0.0611. The standard InChI is InChI=1S/C49H66N2O8/c1-30(37-11-12-38-45-40(53)26-33-25-34(52)15-17-48(33,3)49(45,55)19-18-47(37,38)2)9-14-44(54)50-20-7-5-6-8-22-57-46-36-28-51-21-16-32-24-42-43(59-29-58-42)27-35(32)39(51)23-31(36)10-13-41(46)56-4/h10,13,23-24,27-28,30,33-34,37-38,40,45,52-53,55H,5-9,11-12,14-22,25-26,29H2,1-4H3/p+1/t30-,33?,34+,37-,38+,40+,45-,47-,48+,49-/m1/s1. The van der Waals surface area contributed by atoms with E-state index < -0.39 is 11.7 Å². The summed E-state index contributed by atoms with van der Waals surface area (Å²) in [7, 11) is 1.69. The van der Waals surface area contributed by atoms with Gasteiger partial charge in [-0.15, -0.1) is 0 Å². The van der Waals surface area contributed by atoms with Crippen LogP contribution in [-0.4, -0.2) is 66.1 Å². The number of aromatic nitrogens is 1. The Kier molecular flexibility index (Phi) is 11.1. The molecule has 1 unspecified atom stereocenters. The van der Waals surface area contributed by atoms with Crippen LogP contribution < -0.4 is 28.8 Å². The van der Waals surface area contributed by atoms with Gasteiger partial charge in [0.2, 0.25) is 18.4 Å². The summed E-state index contributed by atoms with van der Waals surface area (Å²) < 4.78 is 25.8. The van der Waals surface area contributed by atoms with Crippen LogP contribution in [0.25, 0.3) is 22.0 Å². The van der Waals surface area contributed by atoms with Gasteiger partial charge in [-0.25, -0.2) is 0 Å². The Bertz CT molecular complexity index is 2060. The lowest BCUT2D eigenvalue weighted by atomic mass is 9.41. The zero-order valence-electron chi connectivity index (χ0n) is 35.8. The highest BCUT2D eigenvalue weighted by atomic mass is 16.7. The number of aliphatic hydroxyl groups excluding tert-OH is 2. The van der Waals surface area contributed by atoms with Crippen LogP contribution >= 0.6 is 0 Å². The first-order chi connectivity index (χ1) is 28.4. The van der Waals surface area contributed by atoms with Crippen LogP contribution in [0.3, 0.4) is 0 Å². The highest BCUT2D eigenvalue weighted by Crippen LogP contribution is 2.70. The van der Waals surface area contributed by atoms with E-state index in [2.05, 4.69) is 61.1 Å². The molecule has 320 valence electrons. The number of hydrogen-bond donors (Lipinski definition) is 4. The van der Waals surface area contributed by atoms with Crippen molar-refractivity contribution in [2.75, 3.05) is 27.1 Å². The second kappa shape index (κ2) is 16.0. The molecule has 4 fully saturated rings. The van der Waals surface area contributed by atoms with E-state index in [1.807, 2.05) is 6.07 Å². The number of hydrogen-bond acceptors (Lipinski definition) is 8. The number of rotatable bonds is 13. The second-order valence-electron chi connectivity index (χ2n) is 19.8. The number of pyridine rings is 1. The Balaban J connectivity index is 0.718. The number of unbranched alkanes of at least 4 members (excludes halogenated alkanes) is 3. The van der Waals surface area contributed by atoms with Crippen LogP contribution in [0.2, 0.25) is 0 Å². The van der Waals surface area contributed by atoms with Gasteiger partial charge in [0.1, 0.15) is 0 Å². The molecule has 1 aromatic heterocycles. The van der Waals surface area contributed by atoms with E-state index in [0.29, 0.717) is 44.2 Å². The molecule has 0 spiro atoms. The highest BCUT2D eigenvalue weighted by molar-refractivity contribution is 5.91. The zero-order valence-corrected chi connectivity index (χ0v) is 35.8. The molecule has 3 heterocycles. The van der Waals surface area contributed by atoms with E-state index in [1.165, 1.54) is 11.1 Å². The monoisotopic (exact) mass is 811 g/mol. The third kappa shape index (κ3) is 7.07. The number of carbonyl (C=O) groups excluding carboxylic acids is 1. The van der Waals surface area contributed by atoms with Crippen LogP contribution in [0.15, 0.2) is 36.5 Å². The number of carbonyl (C=O) groups is 1. The number of amides is 1. The number of ether oxygens (including phenoxy) is 4. The topological polar surface area (TPSA) is 131 Å². The summed E-state index contributed by atoms with van der Waals surface area (Å²) in [6, 6.07) is 10.5. The molecule has 4 N–H and O–H groups in total. The van der Waals surface area contributed by atoms with Gasteiger partial charge < -0.3 is 39.6 Å². The van der Waals surface area contributed by atoms with Crippen molar-refractivity contribution in [2.24, 2.45) is 40.4 Å². The van der Waals surface area contributed by atoms with Crippen LogP contribution in [-0.2, 0) is 17.8 Å². The van der Waals surface area contributed by atoms with Crippen molar-refractivity contribution in [1.29, 1.82) is 0 Å². The summed E-state index contributed by atoms with van der Waals surface area (Å²) in [5.74, 6) is 4.52. The number of aryl methyl sites for hydroxylation is 2. The molecular formula is C49H67N2O8+. The van der Waals surface area contributed by atoms with Gasteiger partial charge in [-0.05, 0) is 140 Å². The number of fused-ring (bicyclic) bond motifs is 10. The molecule has 4 aliphatic carbocycles. The minimum Gasteiger partial charge on any atom is -0.493 e. The molecule has 10 heteroatoms. The number of nitrogens with one attached hydrogen (secondary N) is 1. The van der Waals surface area contributed by atoms with Gasteiger partial charge in [-0.1, -0.05) is 33.6 Å². The predicted molar refractivity (Wildman–Crippen MR) is 225 cm³/mol. The van der Waals surface area contributed by atoms with E-state index in [-0.39, 0.29) is 47.4 Å². The van der Waals surface area contributed by atoms with E-state index in [1.54, 1.807) is 7.11 Å². The molecule has 2 aliphatic heterocycles. The number of methoxy groups -OCH3 is 1. The lowest BCUT2D eigenvalue weighted by molar-refractivity contribution is -0.686. The third-order valence-corrected chi connectivity index (χ3v) is 16.8. The molecule has 0 saturated heterocycles. The summed E-state index contributed by atoms with van der Waals surface area (Å²) in [5.41, 5.74) is 2.55. The van der Waals surface area contributed by atoms with E-state index in [0.717, 1.165) is 123 Å². The summed E-state index contributed by atoms with van der Waals surface area (Å²) in [6.07, 6.45) is 14.4. The summed E-state index contributed by atoms with van der Waals surface area (Å²) in [4.78, 5) is 13.0. The SMILES string of the molecule is COc1ccc2cc3[n+](cc2c1OCCCCCCNC(=O)CC[C@@H](C)[C@H]1CC[C@H]2[C@@H]4[C@@H](O)CC5C[C@@H](O)CC[C@]5(C)[C@@]4(O)CC[C@]12C)CCc1cc2c(cc1-3)OCO2. The molecular weight excluding hydrogens is 745 g/mol. The Labute approximate surface area is 350 Å². The Morgan fingerprint density at radius 1 is 1.00 bits per heavy atom. The fraction of sp³-hybridized carbons (Fsp3) is 0.673. The van der Waals surface area contributed by atoms with Crippen molar-refractivity contribution >= 4 is 16.7 Å². The van der Waals surface area contributed by atoms with Gasteiger partial charge in [-0.3, -0.25) is 4.79 Å². The van der Waals surface area contributed by atoms with Gasteiger partial charge >= 0.3 is 0 Å². The Hall–Kier alpha value is -3.60. The molecule has 3 aromatic rings. The van der Waals surface area contributed by atoms with E-state index in [4.69, 9.17) is 18.9 Å². The molecule has 2 aromatic carbocycles. The highest BCUT2D eigenvalue weighted by Gasteiger charge is 2.69. The second-order valence-corrected chi connectivity index (χ2v) is 19.8. The van der Waals surface area contributed by atoms with Crippen LogP contribution in [0.4, 0.5) is 0 Å². The van der Waals surface area contributed by atoms with Crippen molar-refractivity contribution in [3.05, 3.63) is 42.1 Å². The summed E-state index contributed by atoms with van der Waals surface area (Å²) >= 11 is 0. The molecule has 4 saturated carbocycles. The number of benzene rings is 2. The summed E-state index contributed by atoms with van der Waals surface area (Å²) in [5, 5.41) is 39.8. The maximum Gasteiger partial charge on any atom is 0.231 e. The lowest BCUT2D eigenvalue weighted by Crippen LogP contribution is -2.69. The largest absolute Gasteiger partial charge is 0.493 e. The summed E-state index contributed by atoms with van der Waals surface area (Å²) in [6.45, 7) is 9.42. The molecule has 0 radical (unpaired) electrons. The fourth-order valence-corrected chi connectivity index (χ4v) is 13.5. The van der Waals surface area contributed by atoms with Gasteiger partial charge in [0.25, 0.3) is 0 Å².